The molecule has 7 heteroatoms. The summed E-state index contributed by atoms with van der Waals surface area (Å²) < 4.78 is 18.8. The Morgan fingerprint density at radius 1 is 1.45 bits per heavy atom. The molecule has 120 valence electrons. The molecular weight excluding hydrogens is 287 g/mol. The van der Waals surface area contributed by atoms with Crippen molar-refractivity contribution in [2.24, 2.45) is 11.8 Å². The first-order valence-electron chi connectivity index (χ1n) is 7.68. The predicted molar refractivity (Wildman–Crippen MR) is 78.8 cm³/mol. The third-order valence-corrected chi connectivity index (χ3v) is 4.07. The minimum atomic E-state index is -0.453. The first-order chi connectivity index (χ1) is 10.5. The first-order valence-corrected chi connectivity index (χ1v) is 7.68. The zero-order valence-corrected chi connectivity index (χ0v) is 12.8. The number of nitrogens with zero attached hydrogens (tertiary/aromatic N) is 3. The number of anilines is 1. The molecule has 0 aliphatic carbocycles. The van der Waals surface area contributed by atoms with E-state index in [1.165, 1.54) is 0 Å². The van der Waals surface area contributed by atoms with Crippen molar-refractivity contribution in [1.29, 1.82) is 0 Å². The average molecular weight is 308 g/mol. The van der Waals surface area contributed by atoms with Crippen LogP contribution in [0.1, 0.15) is 20.3 Å². The fourth-order valence-corrected chi connectivity index (χ4v) is 3.00. The van der Waals surface area contributed by atoms with Gasteiger partial charge in [0.2, 0.25) is 11.9 Å². The van der Waals surface area contributed by atoms with Crippen LogP contribution in [0, 0.1) is 17.7 Å². The molecule has 0 radical (unpaired) electrons. The van der Waals surface area contributed by atoms with E-state index in [9.17, 15) is 9.18 Å². The summed E-state index contributed by atoms with van der Waals surface area (Å²) in [7, 11) is 0. The van der Waals surface area contributed by atoms with Gasteiger partial charge in [-0.2, -0.15) is 0 Å². The zero-order chi connectivity index (χ0) is 15.7. The van der Waals surface area contributed by atoms with Crippen molar-refractivity contribution in [1.82, 2.24) is 15.3 Å². The number of carbonyl (C=O) groups excluding carboxylic acids is 1. The van der Waals surface area contributed by atoms with E-state index in [0.29, 0.717) is 37.9 Å². The van der Waals surface area contributed by atoms with Crippen LogP contribution in [0.3, 0.4) is 0 Å². The van der Waals surface area contributed by atoms with Gasteiger partial charge in [-0.1, -0.05) is 13.8 Å². The Kier molecular flexibility index (Phi) is 4.24. The summed E-state index contributed by atoms with van der Waals surface area (Å²) in [6.07, 6.45) is 2.88. The lowest BCUT2D eigenvalue weighted by molar-refractivity contribution is -0.126. The summed E-state index contributed by atoms with van der Waals surface area (Å²) >= 11 is 0. The normalized spacial score (nSPS) is 27.3. The number of aromatic nitrogens is 2. The maximum absolute atomic E-state index is 12.9. The molecule has 2 fully saturated rings. The topological polar surface area (TPSA) is 67.4 Å². The van der Waals surface area contributed by atoms with Crippen molar-refractivity contribution in [2.45, 2.75) is 32.5 Å². The number of morpholine rings is 1. The van der Waals surface area contributed by atoms with Gasteiger partial charge in [0.1, 0.15) is 0 Å². The molecule has 3 rings (SSSR count). The second kappa shape index (κ2) is 6.16. The molecule has 1 N–H and O–H groups in total. The van der Waals surface area contributed by atoms with Crippen LogP contribution in [0.4, 0.5) is 10.3 Å². The van der Waals surface area contributed by atoms with Gasteiger partial charge in [-0.05, 0) is 12.3 Å². The minimum Gasteiger partial charge on any atom is -0.370 e. The highest BCUT2D eigenvalue weighted by Crippen LogP contribution is 2.33. The maximum Gasteiger partial charge on any atom is 0.225 e. The van der Waals surface area contributed by atoms with Crippen LogP contribution in [0.5, 0.6) is 0 Å². The van der Waals surface area contributed by atoms with Crippen LogP contribution < -0.4 is 10.2 Å². The van der Waals surface area contributed by atoms with E-state index >= 15 is 0 Å². The molecule has 3 atom stereocenters. The molecular formula is C15H21FN4O2. The van der Waals surface area contributed by atoms with E-state index in [2.05, 4.69) is 29.1 Å². The van der Waals surface area contributed by atoms with Crippen LogP contribution in [0.25, 0.3) is 0 Å². The van der Waals surface area contributed by atoms with E-state index in [-0.39, 0.29) is 24.0 Å². The van der Waals surface area contributed by atoms with Gasteiger partial charge in [-0.25, -0.2) is 14.4 Å². The van der Waals surface area contributed by atoms with Crippen molar-refractivity contribution in [3.63, 3.8) is 0 Å². The molecule has 1 aromatic rings. The number of nitrogens with one attached hydrogen (secondary N) is 1. The highest BCUT2D eigenvalue weighted by molar-refractivity contribution is 5.79. The summed E-state index contributed by atoms with van der Waals surface area (Å²) in [5.74, 6) is 0.390. The molecule has 1 aromatic heterocycles. The SMILES string of the molecule is CC(C)CNC(=O)[C@@H]1C[C@H]2CN(c3ncc(F)cn3)C[C@@H]1O2. The molecule has 0 aromatic carbocycles. The fourth-order valence-electron chi connectivity index (χ4n) is 3.00. The third kappa shape index (κ3) is 3.19. The van der Waals surface area contributed by atoms with Gasteiger partial charge in [-0.15, -0.1) is 0 Å². The van der Waals surface area contributed by atoms with Gasteiger partial charge in [0.15, 0.2) is 5.82 Å². The lowest BCUT2D eigenvalue weighted by atomic mass is 9.99. The highest BCUT2D eigenvalue weighted by Gasteiger charge is 2.45. The number of halogens is 1. The summed E-state index contributed by atoms with van der Waals surface area (Å²) in [4.78, 5) is 22.3. The van der Waals surface area contributed by atoms with E-state index < -0.39 is 5.82 Å². The average Bonchev–Trinajstić information content (AvgIpc) is 2.80. The number of carbonyl (C=O) groups is 1. The summed E-state index contributed by atoms with van der Waals surface area (Å²) in [5.41, 5.74) is 0. The molecule has 2 saturated heterocycles. The number of hydrogen-bond acceptors (Lipinski definition) is 5. The van der Waals surface area contributed by atoms with Crippen molar-refractivity contribution in [3.8, 4) is 0 Å². The fraction of sp³-hybridized carbons (Fsp3) is 0.667. The lowest BCUT2D eigenvalue weighted by Gasteiger charge is -2.32. The molecule has 3 heterocycles. The van der Waals surface area contributed by atoms with E-state index in [0.717, 1.165) is 12.4 Å². The Balaban J connectivity index is 1.64. The summed E-state index contributed by atoms with van der Waals surface area (Å²) in [5, 5.41) is 2.98. The first kappa shape index (κ1) is 15.1. The Bertz CT molecular complexity index is 537. The monoisotopic (exact) mass is 308 g/mol. The summed E-state index contributed by atoms with van der Waals surface area (Å²) in [6, 6.07) is 0. The van der Waals surface area contributed by atoms with Gasteiger partial charge in [0.25, 0.3) is 0 Å². The van der Waals surface area contributed by atoms with E-state index in [4.69, 9.17) is 4.74 Å². The van der Waals surface area contributed by atoms with Crippen molar-refractivity contribution < 1.29 is 13.9 Å². The summed E-state index contributed by atoms with van der Waals surface area (Å²) in [6.45, 7) is 6.00. The number of fused-ring (bicyclic) bond motifs is 2. The van der Waals surface area contributed by atoms with Gasteiger partial charge < -0.3 is 15.0 Å². The molecule has 0 spiro atoms. The number of ether oxygens (including phenoxy) is 1. The van der Waals surface area contributed by atoms with E-state index in [1.807, 2.05) is 4.90 Å². The Labute approximate surface area is 129 Å². The lowest BCUT2D eigenvalue weighted by Crippen LogP contribution is -2.46. The van der Waals surface area contributed by atoms with Crippen LogP contribution in [0.2, 0.25) is 0 Å². The van der Waals surface area contributed by atoms with Gasteiger partial charge in [-0.3, -0.25) is 4.79 Å². The Morgan fingerprint density at radius 2 is 2.18 bits per heavy atom. The van der Waals surface area contributed by atoms with Gasteiger partial charge in [0.05, 0.1) is 30.5 Å². The maximum atomic E-state index is 12.9. The number of rotatable bonds is 4. The number of amides is 1. The molecule has 6 nitrogen and oxygen atoms in total. The van der Waals surface area contributed by atoms with Crippen molar-refractivity contribution in [2.75, 3.05) is 24.5 Å². The van der Waals surface area contributed by atoms with Crippen LogP contribution in [-0.4, -0.2) is 47.7 Å². The molecule has 2 aliphatic rings. The minimum absolute atomic E-state index is 0.00204. The smallest absolute Gasteiger partial charge is 0.225 e. The standard InChI is InChI=1S/C15H21FN4O2/c1-9(2)4-17-14(21)12-3-11-7-20(8-13(12)22-11)15-18-5-10(16)6-19-15/h5-6,9,11-13H,3-4,7-8H2,1-2H3,(H,17,21)/t11-,12+,13-/m0/s1. The van der Waals surface area contributed by atoms with Crippen LogP contribution >= 0.6 is 0 Å². The quantitative estimate of drug-likeness (QED) is 0.898. The van der Waals surface area contributed by atoms with Gasteiger partial charge >= 0.3 is 0 Å². The zero-order valence-electron chi connectivity index (χ0n) is 12.8. The largest absolute Gasteiger partial charge is 0.370 e. The molecule has 0 saturated carbocycles. The second-order valence-electron chi connectivity index (χ2n) is 6.38. The van der Waals surface area contributed by atoms with Crippen LogP contribution in [0.15, 0.2) is 12.4 Å². The Morgan fingerprint density at radius 3 is 2.86 bits per heavy atom. The molecule has 0 unspecified atom stereocenters. The van der Waals surface area contributed by atoms with Crippen molar-refractivity contribution in [3.05, 3.63) is 18.2 Å². The van der Waals surface area contributed by atoms with Crippen LogP contribution in [-0.2, 0) is 9.53 Å². The van der Waals surface area contributed by atoms with E-state index in [1.54, 1.807) is 0 Å². The predicted octanol–water partition coefficient (Wildman–Crippen LogP) is 0.982. The van der Waals surface area contributed by atoms with Gasteiger partial charge in [0, 0.05) is 19.6 Å². The molecule has 2 bridgehead atoms. The number of hydrogen-bond donors (Lipinski definition) is 1. The highest BCUT2D eigenvalue weighted by atomic mass is 19.1. The third-order valence-electron chi connectivity index (χ3n) is 4.07. The molecule has 1 amide bonds. The second-order valence-corrected chi connectivity index (χ2v) is 6.38. The molecule has 22 heavy (non-hydrogen) atoms. The molecule has 2 aliphatic heterocycles. The van der Waals surface area contributed by atoms with Crippen molar-refractivity contribution >= 4 is 11.9 Å². The Hall–Kier alpha value is -1.76.